The van der Waals surface area contributed by atoms with E-state index >= 15 is 0 Å². The Morgan fingerprint density at radius 1 is 0.760 bits per heavy atom. The number of fused-ring (bicyclic) bond motifs is 2. The summed E-state index contributed by atoms with van der Waals surface area (Å²) in [6.07, 6.45) is 0. The van der Waals surface area contributed by atoms with Crippen LogP contribution in [0.4, 0.5) is 0 Å². The predicted octanol–water partition coefficient (Wildman–Crippen LogP) is 4.18. The zero-order chi connectivity index (χ0) is 17.4. The van der Waals surface area contributed by atoms with E-state index in [0.29, 0.717) is 27.3 Å². The van der Waals surface area contributed by atoms with Gasteiger partial charge in [-0.05, 0) is 43.3 Å². The van der Waals surface area contributed by atoms with Crippen LogP contribution >= 0.6 is 0 Å². The van der Waals surface area contributed by atoms with Crippen LogP contribution in [0.15, 0.2) is 86.5 Å². The Balaban J connectivity index is 2.10. The molecule has 0 saturated heterocycles. The molecule has 4 rings (SSSR count). The normalized spacial score (nSPS) is 11.7. The fraction of sp³-hybridized carbons (Fsp3) is 0.0500. The van der Waals surface area contributed by atoms with Gasteiger partial charge in [0, 0.05) is 10.8 Å². The summed E-state index contributed by atoms with van der Waals surface area (Å²) in [5.74, 6) is 0. The maximum Gasteiger partial charge on any atom is 0.282 e. The molecule has 0 unspecified atom stereocenters. The third kappa shape index (κ3) is 2.83. The summed E-state index contributed by atoms with van der Waals surface area (Å²) < 4.78 is 35.6. The molecule has 0 atom stereocenters. The van der Waals surface area contributed by atoms with Crippen LogP contribution in [0.3, 0.4) is 0 Å². The summed E-state index contributed by atoms with van der Waals surface area (Å²) in [6, 6.07) is 21.3. The number of nitrogens with zero attached hydrogens (tertiary/aromatic N) is 1. The summed E-state index contributed by atoms with van der Waals surface area (Å²) in [5.41, 5.74) is 2.19. The standard InChI is InChI=1S/C20H15NO3S/c1-14-10-12-15(13-11-14)25(22,23)21-20-16-6-2-4-8-18(16)24-19-9-5-3-7-17(19)20/h2-13H,1H3. The van der Waals surface area contributed by atoms with E-state index in [1.165, 1.54) is 0 Å². The van der Waals surface area contributed by atoms with Crippen molar-refractivity contribution >= 4 is 32.0 Å². The fourth-order valence-electron chi connectivity index (χ4n) is 2.75. The lowest BCUT2D eigenvalue weighted by Gasteiger charge is -2.04. The molecule has 0 spiro atoms. The van der Waals surface area contributed by atoms with E-state index in [1.54, 1.807) is 36.4 Å². The zero-order valence-electron chi connectivity index (χ0n) is 13.5. The summed E-state index contributed by atoms with van der Waals surface area (Å²) in [4.78, 5) is 0.173. The molecule has 0 saturated carbocycles. The summed E-state index contributed by atoms with van der Waals surface area (Å²) in [7, 11) is -3.83. The van der Waals surface area contributed by atoms with Crippen molar-refractivity contribution in [2.24, 2.45) is 4.40 Å². The molecule has 4 nitrogen and oxygen atoms in total. The predicted molar refractivity (Wildman–Crippen MR) is 97.6 cm³/mol. The number of aryl methyl sites for hydroxylation is 1. The van der Waals surface area contributed by atoms with Crippen molar-refractivity contribution in [2.45, 2.75) is 11.8 Å². The minimum atomic E-state index is -3.83. The van der Waals surface area contributed by atoms with E-state index in [0.717, 1.165) is 5.56 Å². The molecule has 1 aromatic heterocycles. The van der Waals surface area contributed by atoms with Crippen molar-refractivity contribution in [3.05, 3.63) is 83.7 Å². The Bertz CT molecular complexity index is 1200. The van der Waals surface area contributed by atoms with Gasteiger partial charge in [0.25, 0.3) is 10.0 Å². The Kier molecular flexibility index (Phi) is 3.66. The number of hydrogen-bond donors (Lipinski definition) is 0. The molecule has 3 aromatic carbocycles. The van der Waals surface area contributed by atoms with Gasteiger partial charge in [0.2, 0.25) is 0 Å². The molecule has 0 aliphatic heterocycles. The highest BCUT2D eigenvalue weighted by molar-refractivity contribution is 7.90. The molecule has 5 heteroatoms. The van der Waals surface area contributed by atoms with Crippen molar-refractivity contribution in [1.29, 1.82) is 0 Å². The summed E-state index contributed by atoms with van der Waals surface area (Å²) >= 11 is 0. The van der Waals surface area contributed by atoms with Gasteiger partial charge in [-0.15, -0.1) is 0 Å². The van der Waals surface area contributed by atoms with Gasteiger partial charge in [0.05, 0.1) is 10.3 Å². The first kappa shape index (κ1) is 15.6. The quantitative estimate of drug-likeness (QED) is 0.510. The molecule has 25 heavy (non-hydrogen) atoms. The Morgan fingerprint density at radius 2 is 1.28 bits per heavy atom. The maximum absolute atomic E-state index is 12.8. The topological polar surface area (TPSA) is 59.6 Å². The molecule has 0 aliphatic carbocycles. The highest BCUT2D eigenvalue weighted by atomic mass is 32.2. The van der Waals surface area contributed by atoms with Gasteiger partial charge in [0.15, 0.2) is 0 Å². The smallest absolute Gasteiger partial charge is 0.282 e. The van der Waals surface area contributed by atoms with E-state index in [2.05, 4.69) is 4.40 Å². The molecule has 1 heterocycles. The van der Waals surface area contributed by atoms with E-state index in [1.807, 2.05) is 43.3 Å². The van der Waals surface area contributed by atoms with Crippen LogP contribution < -0.4 is 5.36 Å². The second kappa shape index (κ2) is 5.86. The van der Waals surface area contributed by atoms with Gasteiger partial charge in [0.1, 0.15) is 11.2 Å². The minimum Gasteiger partial charge on any atom is -0.456 e. The van der Waals surface area contributed by atoms with Gasteiger partial charge in [-0.25, -0.2) is 0 Å². The van der Waals surface area contributed by atoms with Gasteiger partial charge in [-0.2, -0.15) is 12.8 Å². The van der Waals surface area contributed by atoms with E-state index in [9.17, 15) is 8.42 Å². The van der Waals surface area contributed by atoms with E-state index in [-0.39, 0.29) is 4.90 Å². The molecule has 0 bridgehead atoms. The lowest BCUT2D eigenvalue weighted by atomic mass is 10.1. The second-order valence-electron chi connectivity index (χ2n) is 5.82. The van der Waals surface area contributed by atoms with Crippen LogP contribution in [0.5, 0.6) is 0 Å². The van der Waals surface area contributed by atoms with Crippen molar-refractivity contribution in [3.63, 3.8) is 0 Å². The Hall–Kier alpha value is -2.92. The van der Waals surface area contributed by atoms with Crippen molar-refractivity contribution in [1.82, 2.24) is 0 Å². The molecular weight excluding hydrogens is 334 g/mol. The summed E-state index contributed by atoms with van der Waals surface area (Å²) in [6.45, 7) is 1.91. The Labute approximate surface area is 145 Å². The van der Waals surface area contributed by atoms with E-state index < -0.39 is 10.0 Å². The number of benzene rings is 3. The van der Waals surface area contributed by atoms with Gasteiger partial charge < -0.3 is 4.42 Å². The average Bonchev–Trinajstić information content (AvgIpc) is 2.62. The number of para-hydroxylation sites is 2. The third-order valence-corrected chi connectivity index (χ3v) is 5.33. The largest absolute Gasteiger partial charge is 0.456 e. The lowest BCUT2D eigenvalue weighted by Crippen LogP contribution is -2.10. The van der Waals surface area contributed by atoms with Crippen LogP contribution in [0.1, 0.15) is 5.56 Å². The first-order chi connectivity index (χ1) is 12.0. The lowest BCUT2D eigenvalue weighted by molar-refractivity contribution is 0.597. The van der Waals surface area contributed by atoms with Crippen molar-refractivity contribution in [2.75, 3.05) is 0 Å². The highest BCUT2D eigenvalue weighted by Gasteiger charge is 2.14. The average molecular weight is 349 g/mol. The molecule has 0 amide bonds. The fourth-order valence-corrected chi connectivity index (χ4v) is 3.77. The number of rotatable bonds is 2. The number of hydrogen-bond acceptors (Lipinski definition) is 3. The highest BCUT2D eigenvalue weighted by Crippen LogP contribution is 2.19. The monoisotopic (exact) mass is 349 g/mol. The molecule has 4 aromatic rings. The van der Waals surface area contributed by atoms with Crippen LogP contribution in [0.25, 0.3) is 21.9 Å². The molecule has 0 aliphatic rings. The molecule has 124 valence electrons. The summed E-state index contributed by atoms with van der Waals surface area (Å²) in [5, 5.41) is 1.73. The second-order valence-corrected chi connectivity index (χ2v) is 7.43. The van der Waals surface area contributed by atoms with Crippen molar-refractivity contribution < 1.29 is 12.8 Å². The van der Waals surface area contributed by atoms with Gasteiger partial charge in [-0.3, -0.25) is 0 Å². The number of sulfonamides is 1. The third-order valence-electron chi connectivity index (χ3n) is 4.03. The van der Waals surface area contributed by atoms with Crippen LogP contribution in [0.2, 0.25) is 0 Å². The van der Waals surface area contributed by atoms with Crippen molar-refractivity contribution in [3.8, 4) is 0 Å². The first-order valence-corrected chi connectivity index (χ1v) is 9.27. The van der Waals surface area contributed by atoms with Crippen LogP contribution in [-0.4, -0.2) is 8.42 Å². The van der Waals surface area contributed by atoms with E-state index in [4.69, 9.17) is 4.42 Å². The molecule has 0 fully saturated rings. The first-order valence-electron chi connectivity index (χ1n) is 7.83. The van der Waals surface area contributed by atoms with Crippen LogP contribution in [-0.2, 0) is 10.0 Å². The molecule has 0 radical (unpaired) electrons. The van der Waals surface area contributed by atoms with Crippen LogP contribution in [0, 0.1) is 6.92 Å². The molecule has 0 N–H and O–H groups in total. The van der Waals surface area contributed by atoms with Gasteiger partial charge >= 0.3 is 0 Å². The SMILES string of the molecule is Cc1ccc(S(=O)(=O)N=c2c3ccccc3oc3ccccc23)cc1. The zero-order valence-corrected chi connectivity index (χ0v) is 14.3. The minimum absolute atomic E-state index is 0.173. The van der Waals surface area contributed by atoms with Gasteiger partial charge in [-0.1, -0.05) is 42.0 Å². The maximum atomic E-state index is 12.8. The molecular formula is C20H15NO3S. The Morgan fingerprint density at radius 3 is 1.84 bits per heavy atom.